The van der Waals surface area contributed by atoms with Gasteiger partial charge in [-0.3, -0.25) is 0 Å². The molecule has 1 aromatic rings. The summed E-state index contributed by atoms with van der Waals surface area (Å²) in [4.78, 5) is 34.5. The first kappa shape index (κ1) is 23.6. The number of carboxylic acids is 1. The van der Waals surface area contributed by atoms with Crippen LogP contribution in [0.2, 0.25) is 0 Å². The maximum absolute atomic E-state index is 13.0. The van der Waals surface area contributed by atoms with Crippen LogP contribution in [-0.4, -0.2) is 95.5 Å². The molecule has 1 spiro atoms. The van der Waals surface area contributed by atoms with E-state index in [1.807, 2.05) is 9.80 Å². The molecule has 9 nitrogen and oxygen atoms in total. The highest BCUT2D eigenvalue weighted by Gasteiger charge is 2.41. The summed E-state index contributed by atoms with van der Waals surface area (Å²) in [6.07, 6.45) is -1.15. The largest absolute Gasteiger partial charge is 0.490 e. The molecule has 3 rings (SSSR count). The summed E-state index contributed by atoms with van der Waals surface area (Å²) in [5.41, 5.74) is -0.279. The summed E-state index contributed by atoms with van der Waals surface area (Å²) in [5.74, 6) is -2.67. The van der Waals surface area contributed by atoms with Gasteiger partial charge in [0.15, 0.2) is 5.82 Å². The van der Waals surface area contributed by atoms with E-state index >= 15 is 0 Å². The first-order chi connectivity index (χ1) is 13.9. The standard InChI is InChI=1S/C15H22FN5O2.C2HF3O2/c1-19(2)14(22)20-5-3-15(4-6-20)11-21(7-8-23-15)13-17-9-12(16)10-18-13;3-2(4,5)1(6)7/h9-10H,3-8,11H2,1-2H3;(H,6,7). The minimum absolute atomic E-state index is 0.0365. The van der Waals surface area contributed by atoms with E-state index in [9.17, 15) is 22.4 Å². The fourth-order valence-electron chi connectivity index (χ4n) is 3.18. The molecule has 0 aliphatic carbocycles. The van der Waals surface area contributed by atoms with Gasteiger partial charge in [0, 0.05) is 33.7 Å². The van der Waals surface area contributed by atoms with E-state index < -0.39 is 18.0 Å². The van der Waals surface area contributed by atoms with E-state index in [1.54, 1.807) is 19.0 Å². The molecular formula is C17H23F4N5O4. The number of carbonyl (C=O) groups is 2. The molecule has 0 unspecified atom stereocenters. The highest BCUT2D eigenvalue weighted by molar-refractivity contribution is 5.74. The highest BCUT2D eigenvalue weighted by Crippen LogP contribution is 2.31. The second kappa shape index (κ2) is 9.41. The molecule has 2 aliphatic rings. The topological polar surface area (TPSA) is 99.1 Å². The van der Waals surface area contributed by atoms with Crippen LogP contribution in [0.5, 0.6) is 0 Å². The molecule has 2 fully saturated rings. The number of hydrogen-bond donors (Lipinski definition) is 1. The zero-order chi connectivity index (χ0) is 22.5. The summed E-state index contributed by atoms with van der Waals surface area (Å²) in [6.45, 7) is 3.29. The van der Waals surface area contributed by atoms with Gasteiger partial charge in [0.25, 0.3) is 0 Å². The minimum atomic E-state index is -5.08. The van der Waals surface area contributed by atoms with Crippen LogP contribution in [0.15, 0.2) is 12.4 Å². The summed E-state index contributed by atoms with van der Waals surface area (Å²) in [5, 5.41) is 7.12. The lowest BCUT2D eigenvalue weighted by molar-refractivity contribution is -0.192. The minimum Gasteiger partial charge on any atom is -0.475 e. The number of nitrogens with zero attached hydrogens (tertiary/aromatic N) is 5. The molecule has 2 saturated heterocycles. The van der Waals surface area contributed by atoms with Crippen molar-refractivity contribution in [2.24, 2.45) is 0 Å². The number of aromatic nitrogens is 2. The average molecular weight is 437 g/mol. The molecule has 0 aromatic carbocycles. The van der Waals surface area contributed by atoms with Crippen molar-refractivity contribution in [3.05, 3.63) is 18.2 Å². The van der Waals surface area contributed by atoms with Crippen LogP contribution in [0.4, 0.5) is 28.3 Å². The van der Waals surface area contributed by atoms with Crippen molar-refractivity contribution in [3.8, 4) is 0 Å². The van der Waals surface area contributed by atoms with Gasteiger partial charge in [-0.25, -0.2) is 23.9 Å². The van der Waals surface area contributed by atoms with Crippen molar-refractivity contribution in [1.29, 1.82) is 0 Å². The third kappa shape index (κ3) is 6.15. The number of alkyl halides is 3. The lowest BCUT2D eigenvalue weighted by Crippen LogP contribution is -2.58. The van der Waals surface area contributed by atoms with E-state index in [2.05, 4.69) is 9.97 Å². The van der Waals surface area contributed by atoms with Crippen LogP contribution >= 0.6 is 0 Å². The molecule has 0 radical (unpaired) electrons. The molecule has 30 heavy (non-hydrogen) atoms. The SMILES string of the molecule is CN(C)C(=O)N1CCC2(CC1)CN(c1ncc(F)cn1)CCO2.O=C(O)C(F)(F)F. The van der Waals surface area contributed by atoms with E-state index in [1.165, 1.54) is 12.4 Å². The fourth-order valence-corrected chi connectivity index (χ4v) is 3.18. The van der Waals surface area contributed by atoms with Crippen molar-refractivity contribution < 1.29 is 37.0 Å². The Morgan fingerprint density at radius 1 is 1.17 bits per heavy atom. The van der Waals surface area contributed by atoms with Gasteiger partial charge in [-0.15, -0.1) is 0 Å². The van der Waals surface area contributed by atoms with Crippen molar-refractivity contribution in [2.75, 3.05) is 51.8 Å². The number of anilines is 1. The Hall–Kier alpha value is -2.70. The molecule has 1 aromatic heterocycles. The monoisotopic (exact) mass is 437 g/mol. The van der Waals surface area contributed by atoms with Gasteiger partial charge in [-0.2, -0.15) is 13.2 Å². The van der Waals surface area contributed by atoms with Gasteiger partial charge in [0.05, 0.1) is 31.1 Å². The maximum Gasteiger partial charge on any atom is 0.490 e. The molecule has 13 heteroatoms. The normalized spacial score (nSPS) is 18.5. The van der Waals surface area contributed by atoms with Crippen molar-refractivity contribution >= 4 is 17.9 Å². The van der Waals surface area contributed by atoms with E-state index in [4.69, 9.17) is 14.6 Å². The van der Waals surface area contributed by atoms with Crippen LogP contribution in [0.3, 0.4) is 0 Å². The Morgan fingerprint density at radius 3 is 2.17 bits per heavy atom. The Morgan fingerprint density at radius 2 is 1.70 bits per heavy atom. The number of piperidine rings is 1. The number of hydrogen-bond acceptors (Lipinski definition) is 6. The first-order valence-corrected chi connectivity index (χ1v) is 9.06. The van der Waals surface area contributed by atoms with Gasteiger partial charge in [-0.1, -0.05) is 0 Å². The smallest absolute Gasteiger partial charge is 0.475 e. The molecule has 0 saturated carbocycles. The van der Waals surface area contributed by atoms with Crippen molar-refractivity contribution in [1.82, 2.24) is 19.8 Å². The van der Waals surface area contributed by atoms with Crippen LogP contribution in [0.1, 0.15) is 12.8 Å². The lowest BCUT2D eigenvalue weighted by atomic mass is 9.89. The van der Waals surface area contributed by atoms with E-state index in [-0.39, 0.29) is 11.6 Å². The fraction of sp³-hybridized carbons (Fsp3) is 0.647. The molecule has 0 atom stereocenters. The second-order valence-corrected chi connectivity index (χ2v) is 7.12. The zero-order valence-electron chi connectivity index (χ0n) is 16.5. The van der Waals surface area contributed by atoms with Gasteiger partial charge in [-0.05, 0) is 12.8 Å². The molecule has 1 N–H and O–H groups in total. The summed E-state index contributed by atoms with van der Waals surface area (Å²) >= 11 is 0. The number of morpholine rings is 1. The zero-order valence-corrected chi connectivity index (χ0v) is 16.5. The number of ether oxygens (including phenoxy) is 1. The quantitative estimate of drug-likeness (QED) is 0.667. The Balaban J connectivity index is 0.000000396. The first-order valence-electron chi connectivity index (χ1n) is 9.06. The number of halogens is 4. The third-order valence-electron chi connectivity index (χ3n) is 4.71. The van der Waals surface area contributed by atoms with Gasteiger partial charge < -0.3 is 24.5 Å². The molecule has 2 aliphatic heterocycles. The number of carboxylic acid groups (broad SMARTS) is 1. The van der Waals surface area contributed by atoms with Crippen molar-refractivity contribution in [2.45, 2.75) is 24.6 Å². The second-order valence-electron chi connectivity index (χ2n) is 7.12. The molecule has 0 bridgehead atoms. The molecule has 2 amide bonds. The number of likely N-dealkylation sites (tertiary alicyclic amines) is 1. The predicted molar refractivity (Wildman–Crippen MR) is 96.5 cm³/mol. The average Bonchev–Trinajstić information content (AvgIpc) is 2.68. The summed E-state index contributed by atoms with van der Waals surface area (Å²) in [7, 11) is 3.52. The van der Waals surface area contributed by atoms with Crippen LogP contribution in [0.25, 0.3) is 0 Å². The number of rotatable bonds is 1. The van der Waals surface area contributed by atoms with Crippen LogP contribution < -0.4 is 4.90 Å². The third-order valence-corrected chi connectivity index (χ3v) is 4.71. The Kier molecular flexibility index (Phi) is 7.39. The van der Waals surface area contributed by atoms with E-state index in [0.717, 1.165) is 12.8 Å². The number of urea groups is 1. The van der Waals surface area contributed by atoms with Crippen LogP contribution in [-0.2, 0) is 9.53 Å². The molecule has 3 heterocycles. The highest BCUT2D eigenvalue weighted by atomic mass is 19.4. The van der Waals surface area contributed by atoms with Gasteiger partial charge >= 0.3 is 18.2 Å². The van der Waals surface area contributed by atoms with Gasteiger partial charge in [0.1, 0.15) is 0 Å². The maximum atomic E-state index is 13.0. The van der Waals surface area contributed by atoms with Gasteiger partial charge in [0.2, 0.25) is 5.95 Å². The molecule has 168 valence electrons. The number of carbonyl (C=O) groups excluding carboxylic acids is 1. The Bertz CT molecular complexity index is 737. The summed E-state index contributed by atoms with van der Waals surface area (Å²) < 4.78 is 50.8. The van der Waals surface area contributed by atoms with Crippen LogP contribution in [0, 0.1) is 5.82 Å². The van der Waals surface area contributed by atoms with Crippen molar-refractivity contribution in [3.63, 3.8) is 0 Å². The lowest BCUT2D eigenvalue weighted by Gasteiger charge is -2.47. The molecular weight excluding hydrogens is 414 g/mol. The predicted octanol–water partition coefficient (Wildman–Crippen LogP) is 1.60. The Labute approximate surface area is 170 Å². The summed E-state index contributed by atoms with van der Waals surface area (Å²) in [6, 6.07) is 0.0365. The number of amides is 2. The van der Waals surface area contributed by atoms with E-state index in [0.29, 0.717) is 38.7 Å². The number of aliphatic carboxylic acids is 1.